The summed E-state index contributed by atoms with van der Waals surface area (Å²) < 4.78 is 0. The molecule has 0 radical (unpaired) electrons. The highest BCUT2D eigenvalue weighted by Gasteiger charge is 2.07. The van der Waals surface area contributed by atoms with Crippen molar-refractivity contribution in [3.8, 4) is 12.3 Å². The summed E-state index contributed by atoms with van der Waals surface area (Å²) in [6.07, 6.45) is 7.43. The molecule has 1 aromatic rings. The fourth-order valence-electron chi connectivity index (χ4n) is 1.11. The molecular formula is C10H12N2. The van der Waals surface area contributed by atoms with Crippen molar-refractivity contribution < 1.29 is 0 Å². The van der Waals surface area contributed by atoms with Gasteiger partial charge in [0.2, 0.25) is 0 Å². The number of nitrogens with two attached hydrogens (primary N) is 1. The van der Waals surface area contributed by atoms with Crippen molar-refractivity contribution in [3.63, 3.8) is 0 Å². The minimum Gasteiger partial charge on any atom is -0.322 e. The monoisotopic (exact) mass is 160 g/mol. The number of nitrogens with zero attached hydrogens (tertiary/aromatic N) is 1. The van der Waals surface area contributed by atoms with Gasteiger partial charge < -0.3 is 5.73 Å². The van der Waals surface area contributed by atoms with E-state index in [0.29, 0.717) is 6.42 Å². The van der Waals surface area contributed by atoms with Crippen LogP contribution < -0.4 is 5.73 Å². The lowest BCUT2D eigenvalue weighted by atomic mass is 10.1. The Hall–Kier alpha value is -1.33. The lowest BCUT2D eigenvalue weighted by Gasteiger charge is -2.09. The zero-order valence-electron chi connectivity index (χ0n) is 7.12. The number of hydrogen-bond donors (Lipinski definition) is 1. The molecule has 12 heavy (non-hydrogen) atoms. The summed E-state index contributed by atoms with van der Waals surface area (Å²) in [7, 11) is 0. The Kier molecular flexibility index (Phi) is 2.84. The highest BCUT2D eigenvalue weighted by molar-refractivity contribution is 5.21. The van der Waals surface area contributed by atoms with Gasteiger partial charge >= 0.3 is 0 Å². The summed E-state index contributed by atoms with van der Waals surface area (Å²) in [5, 5.41) is 0. The molecule has 1 unspecified atom stereocenters. The molecule has 1 rings (SSSR count). The van der Waals surface area contributed by atoms with Crippen molar-refractivity contribution >= 4 is 0 Å². The summed E-state index contributed by atoms with van der Waals surface area (Å²) in [6, 6.07) is 3.75. The van der Waals surface area contributed by atoms with Gasteiger partial charge in [-0.15, -0.1) is 12.3 Å². The predicted octanol–water partition coefficient (Wildman–Crippen LogP) is 1.41. The zero-order chi connectivity index (χ0) is 8.97. The van der Waals surface area contributed by atoms with Crippen molar-refractivity contribution in [1.29, 1.82) is 0 Å². The molecule has 0 aromatic carbocycles. The highest BCUT2D eigenvalue weighted by atomic mass is 14.8. The third-order valence-electron chi connectivity index (χ3n) is 1.74. The van der Waals surface area contributed by atoms with E-state index in [1.807, 2.05) is 19.1 Å². The maximum atomic E-state index is 5.80. The molecule has 0 saturated heterocycles. The normalized spacial score (nSPS) is 12.1. The molecule has 0 spiro atoms. The van der Waals surface area contributed by atoms with E-state index in [1.165, 1.54) is 0 Å². The van der Waals surface area contributed by atoms with Gasteiger partial charge in [-0.05, 0) is 18.6 Å². The third kappa shape index (κ3) is 1.84. The number of rotatable bonds is 2. The Bertz CT molecular complexity index is 299. The summed E-state index contributed by atoms with van der Waals surface area (Å²) in [5.74, 6) is 2.53. The molecule has 2 nitrogen and oxygen atoms in total. The van der Waals surface area contributed by atoms with Gasteiger partial charge in [0.05, 0.1) is 11.7 Å². The van der Waals surface area contributed by atoms with E-state index in [2.05, 4.69) is 10.9 Å². The summed E-state index contributed by atoms with van der Waals surface area (Å²) >= 11 is 0. The van der Waals surface area contributed by atoms with Crippen molar-refractivity contribution in [1.82, 2.24) is 4.98 Å². The van der Waals surface area contributed by atoms with Crippen LogP contribution in [0.1, 0.15) is 23.7 Å². The first-order chi connectivity index (χ1) is 5.75. The molecule has 0 bridgehead atoms. The third-order valence-corrected chi connectivity index (χ3v) is 1.74. The van der Waals surface area contributed by atoms with E-state index in [0.717, 1.165) is 11.3 Å². The van der Waals surface area contributed by atoms with E-state index in [9.17, 15) is 0 Å². The Balaban J connectivity index is 2.88. The quantitative estimate of drug-likeness (QED) is 0.664. The first-order valence-electron chi connectivity index (χ1n) is 3.86. The van der Waals surface area contributed by atoms with Crippen molar-refractivity contribution in [2.24, 2.45) is 5.73 Å². The van der Waals surface area contributed by atoms with Crippen LogP contribution in [-0.2, 0) is 0 Å². The van der Waals surface area contributed by atoms with E-state index < -0.39 is 0 Å². The lowest BCUT2D eigenvalue weighted by Crippen LogP contribution is -2.12. The number of aryl methyl sites for hydroxylation is 1. The molecule has 2 N–H and O–H groups in total. The first kappa shape index (κ1) is 8.76. The van der Waals surface area contributed by atoms with Gasteiger partial charge in [-0.3, -0.25) is 4.98 Å². The fraction of sp³-hybridized carbons (Fsp3) is 0.300. The number of pyridine rings is 1. The largest absolute Gasteiger partial charge is 0.322 e. The van der Waals surface area contributed by atoms with Crippen LogP contribution >= 0.6 is 0 Å². The fourth-order valence-corrected chi connectivity index (χ4v) is 1.11. The molecule has 2 heteroatoms. The molecule has 1 aromatic heterocycles. The van der Waals surface area contributed by atoms with Crippen LogP contribution in [-0.4, -0.2) is 4.98 Å². The van der Waals surface area contributed by atoms with E-state index >= 15 is 0 Å². The zero-order valence-corrected chi connectivity index (χ0v) is 7.12. The van der Waals surface area contributed by atoms with E-state index in [1.54, 1.807) is 6.20 Å². The Morgan fingerprint density at radius 2 is 2.50 bits per heavy atom. The van der Waals surface area contributed by atoms with Gasteiger partial charge in [-0.2, -0.15) is 0 Å². The second-order valence-corrected chi connectivity index (χ2v) is 2.72. The van der Waals surface area contributed by atoms with Crippen molar-refractivity contribution in [3.05, 3.63) is 29.6 Å². The minimum absolute atomic E-state index is 0.129. The number of terminal acetylenes is 1. The van der Waals surface area contributed by atoms with Gasteiger partial charge in [-0.1, -0.05) is 6.07 Å². The molecule has 0 aliphatic carbocycles. The maximum Gasteiger partial charge on any atom is 0.0609 e. The molecule has 1 atom stereocenters. The van der Waals surface area contributed by atoms with E-state index in [4.69, 9.17) is 12.2 Å². The van der Waals surface area contributed by atoms with Crippen LogP contribution in [0.4, 0.5) is 0 Å². The van der Waals surface area contributed by atoms with Crippen LogP contribution in [0.5, 0.6) is 0 Å². The Labute approximate surface area is 72.8 Å². The average Bonchev–Trinajstić information content (AvgIpc) is 2.05. The van der Waals surface area contributed by atoms with Gasteiger partial charge in [0.25, 0.3) is 0 Å². The van der Waals surface area contributed by atoms with E-state index in [-0.39, 0.29) is 6.04 Å². The Morgan fingerprint density at radius 1 is 1.75 bits per heavy atom. The van der Waals surface area contributed by atoms with Crippen LogP contribution in [0.3, 0.4) is 0 Å². The van der Waals surface area contributed by atoms with Gasteiger partial charge in [-0.25, -0.2) is 0 Å². The molecule has 62 valence electrons. The average molecular weight is 160 g/mol. The summed E-state index contributed by atoms with van der Waals surface area (Å²) in [6.45, 7) is 1.98. The second kappa shape index (κ2) is 3.89. The highest BCUT2D eigenvalue weighted by Crippen LogP contribution is 2.13. The first-order valence-corrected chi connectivity index (χ1v) is 3.86. The van der Waals surface area contributed by atoms with Crippen LogP contribution in [0.25, 0.3) is 0 Å². The van der Waals surface area contributed by atoms with Crippen LogP contribution in [0.15, 0.2) is 18.3 Å². The molecule has 0 aliphatic heterocycles. The predicted molar refractivity (Wildman–Crippen MR) is 49.4 cm³/mol. The molecule has 0 amide bonds. The molecule has 0 saturated carbocycles. The second-order valence-electron chi connectivity index (χ2n) is 2.72. The number of aromatic nitrogens is 1. The molecule has 1 heterocycles. The molecule has 0 fully saturated rings. The van der Waals surface area contributed by atoms with Crippen molar-refractivity contribution in [2.75, 3.05) is 0 Å². The van der Waals surface area contributed by atoms with Crippen molar-refractivity contribution in [2.45, 2.75) is 19.4 Å². The topological polar surface area (TPSA) is 38.9 Å². The van der Waals surface area contributed by atoms with Crippen LogP contribution in [0, 0.1) is 19.3 Å². The SMILES string of the molecule is C#CCC(N)c1ncccc1C. The Morgan fingerprint density at radius 3 is 3.08 bits per heavy atom. The van der Waals surface area contributed by atoms with Gasteiger partial charge in [0, 0.05) is 12.6 Å². The smallest absolute Gasteiger partial charge is 0.0609 e. The van der Waals surface area contributed by atoms with Gasteiger partial charge in [0.1, 0.15) is 0 Å². The molecular weight excluding hydrogens is 148 g/mol. The lowest BCUT2D eigenvalue weighted by molar-refractivity contribution is 0.718. The summed E-state index contributed by atoms with van der Waals surface area (Å²) in [4.78, 5) is 4.18. The number of hydrogen-bond acceptors (Lipinski definition) is 2. The molecule has 0 aliphatic rings. The van der Waals surface area contributed by atoms with Gasteiger partial charge in [0.15, 0.2) is 0 Å². The minimum atomic E-state index is -0.129. The standard InChI is InChI=1S/C10H12N2/c1-3-5-9(11)10-8(2)6-4-7-12-10/h1,4,6-7,9H,5,11H2,2H3. The summed E-state index contributed by atoms with van der Waals surface area (Å²) in [5.41, 5.74) is 7.80. The van der Waals surface area contributed by atoms with Crippen LogP contribution in [0.2, 0.25) is 0 Å². The maximum absolute atomic E-state index is 5.80.